The van der Waals surface area contributed by atoms with E-state index in [0.717, 1.165) is 6.26 Å². The molecular formula is C9H16N4O4S2. The third-order valence-corrected chi connectivity index (χ3v) is 6.08. The molecule has 0 aromatic carbocycles. The summed E-state index contributed by atoms with van der Waals surface area (Å²) < 4.78 is 49.7. The number of H-pyrrole nitrogens is 1. The molecule has 2 heterocycles. The number of nitrogens with one attached hydrogen (secondary N) is 1. The van der Waals surface area contributed by atoms with Crippen molar-refractivity contribution >= 4 is 20.0 Å². The van der Waals surface area contributed by atoms with Gasteiger partial charge in [-0.1, -0.05) is 0 Å². The Kier molecular flexibility index (Phi) is 3.69. The van der Waals surface area contributed by atoms with Gasteiger partial charge in [0, 0.05) is 26.2 Å². The lowest BCUT2D eigenvalue weighted by Crippen LogP contribution is -2.50. The molecule has 1 aromatic rings. The van der Waals surface area contributed by atoms with E-state index in [1.807, 2.05) is 0 Å². The van der Waals surface area contributed by atoms with Gasteiger partial charge in [-0.2, -0.15) is 8.61 Å². The van der Waals surface area contributed by atoms with Crippen molar-refractivity contribution in [3.05, 3.63) is 12.0 Å². The lowest BCUT2D eigenvalue weighted by Gasteiger charge is -2.31. The largest absolute Gasteiger partial charge is 0.332 e. The molecular weight excluding hydrogens is 292 g/mol. The Hall–Kier alpha value is -0.970. The van der Waals surface area contributed by atoms with E-state index in [1.54, 1.807) is 6.92 Å². The number of rotatable bonds is 3. The predicted molar refractivity (Wildman–Crippen MR) is 68.5 cm³/mol. The topological polar surface area (TPSA) is 103 Å². The molecule has 0 amide bonds. The molecule has 1 aliphatic heterocycles. The zero-order chi connectivity index (χ0) is 14.3. The fraction of sp³-hybridized carbons (Fsp3) is 0.667. The normalized spacial score (nSPS) is 19.7. The number of aromatic amines is 1. The summed E-state index contributed by atoms with van der Waals surface area (Å²) >= 11 is 0. The van der Waals surface area contributed by atoms with Gasteiger partial charge < -0.3 is 4.98 Å². The molecule has 0 bridgehead atoms. The molecule has 2 rings (SSSR count). The van der Waals surface area contributed by atoms with E-state index in [4.69, 9.17) is 0 Å². The highest BCUT2D eigenvalue weighted by molar-refractivity contribution is 7.89. The van der Waals surface area contributed by atoms with E-state index in [9.17, 15) is 16.8 Å². The molecule has 0 radical (unpaired) electrons. The van der Waals surface area contributed by atoms with Crippen LogP contribution in [-0.2, 0) is 20.0 Å². The van der Waals surface area contributed by atoms with Gasteiger partial charge in [0.2, 0.25) is 10.0 Å². The van der Waals surface area contributed by atoms with Gasteiger partial charge in [0.1, 0.15) is 5.82 Å². The van der Waals surface area contributed by atoms with E-state index in [-0.39, 0.29) is 31.2 Å². The Morgan fingerprint density at radius 3 is 2.05 bits per heavy atom. The molecule has 1 fully saturated rings. The lowest BCUT2D eigenvalue weighted by atomic mass is 10.4. The average Bonchev–Trinajstić information content (AvgIpc) is 2.76. The molecule has 10 heteroatoms. The molecule has 1 aromatic heterocycles. The van der Waals surface area contributed by atoms with Gasteiger partial charge in [0.05, 0.1) is 12.5 Å². The van der Waals surface area contributed by atoms with Crippen molar-refractivity contribution in [2.75, 3.05) is 32.4 Å². The fourth-order valence-corrected chi connectivity index (χ4v) is 4.12. The highest BCUT2D eigenvalue weighted by Gasteiger charge is 2.32. The molecule has 0 saturated carbocycles. The summed E-state index contributed by atoms with van der Waals surface area (Å²) in [7, 11) is -6.88. The molecule has 1 N–H and O–H groups in total. The molecule has 1 aliphatic rings. The van der Waals surface area contributed by atoms with E-state index in [1.165, 1.54) is 14.8 Å². The minimum atomic E-state index is -3.62. The fourth-order valence-electron chi connectivity index (χ4n) is 1.91. The maximum absolute atomic E-state index is 12.2. The van der Waals surface area contributed by atoms with Gasteiger partial charge in [-0.05, 0) is 6.92 Å². The lowest BCUT2D eigenvalue weighted by molar-refractivity contribution is 0.273. The Balaban J connectivity index is 2.14. The molecule has 19 heavy (non-hydrogen) atoms. The van der Waals surface area contributed by atoms with Crippen molar-refractivity contribution in [3.63, 3.8) is 0 Å². The van der Waals surface area contributed by atoms with Gasteiger partial charge in [0.15, 0.2) is 5.03 Å². The standard InChI is InChI=1S/C9H16N4O4S2/c1-8-10-7-9(11-8)19(16,17)13-5-3-12(4-6-13)18(2,14)15/h7H,3-6H2,1-2H3,(H,10,11). The van der Waals surface area contributed by atoms with Crippen LogP contribution in [0.15, 0.2) is 11.2 Å². The zero-order valence-corrected chi connectivity index (χ0v) is 12.3. The van der Waals surface area contributed by atoms with Crippen LogP contribution in [0.5, 0.6) is 0 Å². The van der Waals surface area contributed by atoms with Gasteiger partial charge in [-0.15, -0.1) is 0 Å². The van der Waals surface area contributed by atoms with Crippen LogP contribution < -0.4 is 0 Å². The minimum absolute atomic E-state index is 0.0396. The van der Waals surface area contributed by atoms with Crippen molar-refractivity contribution in [2.45, 2.75) is 11.9 Å². The third kappa shape index (κ3) is 2.96. The van der Waals surface area contributed by atoms with E-state index in [0.29, 0.717) is 5.82 Å². The first kappa shape index (κ1) is 14.4. The maximum Gasteiger partial charge on any atom is 0.260 e. The summed E-state index contributed by atoms with van der Waals surface area (Å²) in [5.41, 5.74) is 0. The first-order chi connectivity index (χ1) is 8.71. The molecule has 0 atom stereocenters. The Bertz CT molecular complexity index is 656. The van der Waals surface area contributed by atoms with E-state index in [2.05, 4.69) is 9.97 Å². The summed E-state index contributed by atoms with van der Waals surface area (Å²) in [4.78, 5) is 6.55. The highest BCUT2D eigenvalue weighted by atomic mass is 32.2. The minimum Gasteiger partial charge on any atom is -0.332 e. The number of hydrogen-bond donors (Lipinski definition) is 1. The summed E-state index contributed by atoms with van der Waals surface area (Å²) in [6.45, 7) is 2.30. The van der Waals surface area contributed by atoms with Crippen molar-refractivity contribution in [1.29, 1.82) is 0 Å². The van der Waals surface area contributed by atoms with Gasteiger partial charge >= 0.3 is 0 Å². The first-order valence-corrected chi connectivity index (χ1v) is 8.97. The third-order valence-electron chi connectivity index (χ3n) is 2.96. The monoisotopic (exact) mass is 308 g/mol. The second kappa shape index (κ2) is 4.85. The van der Waals surface area contributed by atoms with Crippen LogP contribution in [0.4, 0.5) is 0 Å². The predicted octanol–water partition coefficient (Wildman–Crippen LogP) is -1.02. The van der Waals surface area contributed by atoms with Crippen LogP contribution in [0.2, 0.25) is 0 Å². The van der Waals surface area contributed by atoms with Crippen molar-refractivity contribution < 1.29 is 16.8 Å². The SMILES string of the molecule is Cc1ncc(S(=O)(=O)N2CCN(S(C)(=O)=O)CC2)[nH]1. The average molecular weight is 308 g/mol. The van der Waals surface area contributed by atoms with Crippen molar-refractivity contribution in [3.8, 4) is 0 Å². The molecule has 8 nitrogen and oxygen atoms in total. The van der Waals surface area contributed by atoms with E-state index < -0.39 is 20.0 Å². The van der Waals surface area contributed by atoms with Crippen LogP contribution in [0.3, 0.4) is 0 Å². The van der Waals surface area contributed by atoms with E-state index >= 15 is 0 Å². The van der Waals surface area contributed by atoms with Crippen LogP contribution in [0, 0.1) is 6.92 Å². The Morgan fingerprint density at radius 1 is 1.11 bits per heavy atom. The summed E-state index contributed by atoms with van der Waals surface area (Å²) in [5.74, 6) is 0.522. The number of piperazine rings is 1. The number of imidazole rings is 1. The molecule has 0 unspecified atom stereocenters. The molecule has 1 saturated heterocycles. The molecule has 0 spiro atoms. The highest BCUT2D eigenvalue weighted by Crippen LogP contribution is 2.16. The number of aryl methyl sites for hydroxylation is 1. The summed E-state index contributed by atoms with van der Waals surface area (Å²) in [6.07, 6.45) is 2.39. The molecule has 0 aliphatic carbocycles. The summed E-state index contributed by atoms with van der Waals surface area (Å²) in [5, 5.41) is 0.0396. The number of aromatic nitrogens is 2. The molecule has 108 valence electrons. The van der Waals surface area contributed by atoms with Crippen LogP contribution in [0.1, 0.15) is 5.82 Å². The first-order valence-electron chi connectivity index (χ1n) is 5.68. The van der Waals surface area contributed by atoms with Gasteiger partial charge in [0.25, 0.3) is 10.0 Å². The zero-order valence-electron chi connectivity index (χ0n) is 10.7. The van der Waals surface area contributed by atoms with Gasteiger partial charge in [-0.3, -0.25) is 0 Å². The maximum atomic E-state index is 12.2. The number of hydrogen-bond acceptors (Lipinski definition) is 5. The second-order valence-corrected chi connectivity index (χ2v) is 8.29. The Morgan fingerprint density at radius 2 is 1.63 bits per heavy atom. The smallest absolute Gasteiger partial charge is 0.260 e. The Labute approximate surface area is 112 Å². The second-order valence-electron chi connectivity index (χ2n) is 4.40. The van der Waals surface area contributed by atoms with Crippen LogP contribution in [-0.4, -0.2) is 67.8 Å². The summed E-state index contributed by atoms with van der Waals surface area (Å²) in [6, 6.07) is 0. The van der Waals surface area contributed by atoms with Crippen molar-refractivity contribution in [1.82, 2.24) is 18.6 Å². The quantitative estimate of drug-likeness (QED) is 0.770. The van der Waals surface area contributed by atoms with Crippen LogP contribution in [0.25, 0.3) is 0 Å². The number of nitrogens with zero attached hydrogens (tertiary/aromatic N) is 3. The number of sulfonamides is 2. The van der Waals surface area contributed by atoms with Crippen molar-refractivity contribution in [2.24, 2.45) is 0 Å². The van der Waals surface area contributed by atoms with Crippen LogP contribution >= 0.6 is 0 Å². The van der Waals surface area contributed by atoms with Gasteiger partial charge in [-0.25, -0.2) is 21.8 Å².